The molecule has 38 heavy (non-hydrogen) atoms. The van der Waals surface area contributed by atoms with Crippen molar-refractivity contribution in [2.75, 3.05) is 50.1 Å². The van der Waals surface area contributed by atoms with E-state index in [1.165, 1.54) is 18.2 Å². The van der Waals surface area contributed by atoms with Gasteiger partial charge in [0.2, 0.25) is 0 Å². The van der Waals surface area contributed by atoms with Gasteiger partial charge in [-0.2, -0.15) is 0 Å². The standard InChI is InChI=1S/C28H34F4N4O2/c1-17(19-4-3-5-20(25(19)30)26(31)32)33-27(37)21-14-24(36-12-8-28(36)9-13-38-16-28)22(29)15-23(21)34-18-6-10-35(2)11-7-18/h3-5,14-15,17-18,26,34H,6-13,16H2,1-2H3,(H,33,37)/t17-,28+/m1/s1. The second kappa shape index (κ2) is 10.7. The van der Waals surface area contributed by atoms with Crippen LogP contribution in [0.1, 0.15) is 66.6 Å². The minimum absolute atomic E-state index is 0.0342. The molecule has 1 spiro atoms. The predicted molar refractivity (Wildman–Crippen MR) is 138 cm³/mol. The molecular formula is C28H34F4N4O2. The number of alkyl halides is 2. The normalized spacial score (nSPS) is 23.1. The van der Waals surface area contributed by atoms with Gasteiger partial charge >= 0.3 is 0 Å². The van der Waals surface area contributed by atoms with Crippen molar-refractivity contribution < 1.29 is 27.1 Å². The van der Waals surface area contributed by atoms with Gasteiger partial charge in [-0.05, 0) is 64.9 Å². The van der Waals surface area contributed by atoms with Crippen molar-refractivity contribution >= 4 is 17.3 Å². The summed E-state index contributed by atoms with van der Waals surface area (Å²) in [5.41, 5.74) is -0.0707. The van der Waals surface area contributed by atoms with Gasteiger partial charge in [0, 0.05) is 24.8 Å². The maximum absolute atomic E-state index is 15.5. The summed E-state index contributed by atoms with van der Waals surface area (Å²) in [7, 11) is 2.04. The fourth-order valence-corrected chi connectivity index (χ4v) is 5.79. The molecule has 0 aliphatic carbocycles. The molecule has 3 saturated heterocycles. The first-order valence-electron chi connectivity index (χ1n) is 13.2. The largest absolute Gasteiger partial charge is 0.381 e. The Morgan fingerprint density at radius 1 is 1.11 bits per heavy atom. The highest BCUT2D eigenvalue weighted by Gasteiger charge is 2.48. The van der Waals surface area contributed by atoms with Crippen molar-refractivity contribution in [3.8, 4) is 0 Å². The van der Waals surface area contributed by atoms with Crippen molar-refractivity contribution in [1.29, 1.82) is 0 Å². The van der Waals surface area contributed by atoms with Crippen molar-refractivity contribution in [3.05, 3.63) is 58.7 Å². The number of hydrogen-bond acceptors (Lipinski definition) is 5. The van der Waals surface area contributed by atoms with Gasteiger partial charge in [-0.1, -0.05) is 18.2 Å². The molecule has 2 N–H and O–H groups in total. The summed E-state index contributed by atoms with van der Waals surface area (Å²) in [5, 5.41) is 6.11. The van der Waals surface area contributed by atoms with Crippen LogP contribution >= 0.6 is 0 Å². The highest BCUT2D eigenvalue weighted by atomic mass is 19.3. The van der Waals surface area contributed by atoms with E-state index in [0.717, 1.165) is 44.8 Å². The first kappa shape index (κ1) is 26.7. The number of piperidine rings is 1. The lowest BCUT2D eigenvalue weighted by Gasteiger charge is -2.51. The average Bonchev–Trinajstić information content (AvgIpc) is 3.39. The summed E-state index contributed by atoms with van der Waals surface area (Å²) >= 11 is 0. The van der Waals surface area contributed by atoms with Gasteiger partial charge in [0.1, 0.15) is 11.6 Å². The van der Waals surface area contributed by atoms with Crippen LogP contribution < -0.4 is 15.5 Å². The summed E-state index contributed by atoms with van der Waals surface area (Å²) in [6, 6.07) is 5.86. The molecule has 2 aromatic rings. The summed E-state index contributed by atoms with van der Waals surface area (Å²) in [5.74, 6) is -2.00. The molecule has 3 fully saturated rings. The molecule has 206 valence electrons. The SMILES string of the molecule is C[C@@H](NC(=O)c1cc(N2CC[C@@]23CCOC3)c(F)cc1NC1CCN(C)CC1)c1cccc(C(F)F)c1F. The molecule has 2 aromatic carbocycles. The average molecular weight is 535 g/mol. The number of nitrogens with zero attached hydrogens (tertiary/aromatic N) is 2. The minimum atomic E-state index is -2.97. The number of rotatable bonds is 7. The van der Waals surface area contributed by atoms with Gasteiger partial charge < -0.3 is 25.2 Å². The van der Waals surface area contributed by atoms with Crippen LogP contribution in [-0.2, 0) is 4.74 Å². The number of halogens is 4. The molecule has 3 aliphatic rings. The molecule has 5 rings (SSSR count). The predicted octanol–water partition coefficient (Wildman–Crippen LogP) is 5.27. The summed E-state index contributed by atoms with van der Waals surface area (Å²) in [6.07, 6.45) is 0.400. The first-order valence-corrected chi connectivity index (χ1v) is 13.2. The van der Waals surface area contributed by atoms with Gasteiger partial charge in [0.15, 0.2) is 0 Å². The van der Waals surface area contributed by atoms with Crippen LogP contribution in [0.4, 0.5) is 28.9 Å². The maximum Gasteiger partial charge on any atom is 0.266 e. The van der Waals surface area contributed by atoms with Crippen LogP contribution in [-0.4, -0.2) is 62.3 Å². The van der Waals surface area contributed by atoms with Crippen molar-refractivity contribution in [2.45, 2.75) is 56.7 Å². The van der Waals surface area contributed by atoms with Crippen LogP contribution in [0.15, 0.2) is 30.3 Å². The molecule has 0 radical (unpaired) electrons. The van der Waals surface area contributed by atoms with Crippen LogP contribution in [0.3, 0.4) is 0 Å². The topological polar surface area (TPSA) is 56.8 Å². The Morgan fingerprint density at radius 2 is 1.84 bits per heavy atom. The van der Waals surface area contributed by atoms with Crippen molar-refractivity contribution in [1.82, 2.24) is 10.2 Å². The lowest BCUT2D eigenvalue weighted by Crippen LogP contribution is -2.61. The van der Waals surface area contributed by atoms with Crippen molar-refractivity contribution in [2.24, 2.45) is 0 Å². The smallest absolute Gasteiger partial charge is 0.266 e. The molecule has 3 heterocycles. The zero-order chi connectivity index (χ0) is 27.0. The van der Waals surface area contributed by atoms with E-state index in [0.29, 0.717) is 31.1 Å². The second-order valence-corrected chi connectivity index (χ2v) is 10.7. The number of carbonyl (C=O) groups is 1. The number of hydrogen-bond donors (Lipinski definition) is 2. The third kappa shape index (κ3) is 5.08. The van der Waals surface area contributed by atoms with Gasteiger partial charge in [-0.25, -0.2) is 17.6 Å². The number of nitrogens with one attached hydrogen (secondary N) is 2. The van der Waals surface area contributed by atoms with E-state index in [2.05, 4.69) is 15.5 Å². The van der Waals surface area contributed by atoms with Crippen LogP contribution in [0.2, 0.25) is 0 Å². The minimum Gasteiger partial charge on any atom is -0.381 e. The molecule has 6 nitrogen and oxygen atoms in total. The van der Waals surface area contributed by atoms with Crippen LogP contribution in [0.5, 0.6) is 0 Å². The third-order valence-electron chi connectivity index (χ3n) is 8.26. The van der Waals surface area contributed by atoms with Crippen molar-refractivity contribution in [3.63, 3.8) is 0 Å². The molecule has 0 bridgehead atoms. The summed E-state index contributed by atoms with van der Waals surface area (Å²) in [6.45, 7) is 5.09. The van der Waals surface area contributed by atoms with Gasteiger partial charge in [-0.3, -0.25) is 4.79 Å². The zero-order valence-corrected chi connectivity index (χ0v) is 21.7. The third-order valence-corrected chi connectivity index (χ3v) is 8.26. The van der Waals surface area contributed by atoms with E-state index in [1.54, 1.807) is 13.0 Å². The molecule has 0 saturated carbocycles. The molecule has 0 aromatic heterocycles. The molecular weight excluding hydrogens is 500 g/mol. The van der Waals surface area contributed by atoms with E-state index in [1.807, 2.05) is 11.9 Å². The molecule has 0 unspecified atom stereocenters. The Hall–Kier alpha value is -2.85. The van der Waals surface area contributed by atoms with E-state index in [9.17, 15) is 18.0 Å². The van der Waals surface area contributed by atoms with E-state index in [-0.39, 0.29) is 22.7 Å². The Bertz CT molecular complexity index is 1180. The van der Waals surface area contributed by atoms with Crippen LogP contribution in [0, 0.1) is 11.6 Å². The lowest BCUT2D eigenvalue weighted by molar-refractivity contribution is 0.0940. The quantitative estimate of drug-likeness (QED) is 0.474. The van der Waals surface area contributed by atoms with Gasteiger partial charge in [0.25, 0.3) is 12.3 Å². The monoisotopic (exact) mass is 534 g/mol. The van der Waals surface area contributed by atoms with Crippen LogP contribution in [0.25, 0.3) is 0 Å². The molecule has 1 amide bonds. The summed E-state index contributed by atoms with van der Waals surface area (Å²) in [4.78, 5) is 17.8. The number of ether oxygens (including phenoxy) is 1. The van der Waals surface area contributed by atoms with Gasteiger partial charge in [0.05, 0.1) is 40.7 Å². The molecule has 2 atom stereocenters. The Kier molecular flexibility index (Phi) is 7.55. The fraction of sp³-hybridized carbons (Fsp3) is 0.536. The second-order valence-electron chi connectivity index (χ2n) is 10.7. The number of benzene rings is 2. The Labute approximate surface area is 220 Å². The van der Waals surface area contributed by atoms with Gasteiger partial charge in [-0.15, -0.1) is 0 Å². The highest BCUT2D eigenvalue weighted by Crippen LogP contribution is 2.43. The number of amides is 1. The fourth-order valence-electron chi connectivity index (χ4n) is 5.79. The van der Waals surface area contributed by atoms with E-state index >= 15 is 4.39 Å². The van der Waals surface area contributed by atoms with E-state index in [4.69, 9.17) is 4.74 Å². The number of carbonyl (C=O) groups excluding carboxylic acids is 1. The molecule has 3 aliphatic heterocycles. The number of likely N-dealkylation sites (tertiary alicyclic amines) is 1. The summed E-state index contributed by atoms with van der Waals surface area (Å²) < 4.78 is 62.4. The highest BCUT2D eigenvalue weighted by molar-refractivity contribution is 6.01. The molecule has 10 heteroatoms. The Morgan fingerprint density at radius 3 is 2.47 bits per heavy atom. The first-order chi connectivity index (χ1) is 18.2. The number of anilines is 2. The lowest BCUT2D eigenvalue weighted by atomic mass is 9.83. The zero-order valence-electron chi connectivity index (χ0n) is 21.7. The maximum atomic E-state index is 15.5. The van der Waals surface area contributed by atoms with E-state index < -0.39 is 35.6 Å². The Balaban J connectivity index is 1.45.